The monoisotopic (exact) mass is 224 g/mol. The zero-order valence-electron chi connectivity index (χ0n) is 6.86. The van der Waals surface area contributed by atoms with E-state index in [-0.39, 0.29) is 0 Å². The number of ether oxygens (including phenoxy) is 1. The Morgan fingerprint density at radius 1 is 1.36 bits per heavy atom. The van der Waals surface area contributed by atoms with Crippen molar-refractivity contribution in [2.24, 2.45) is 0 Å². The van der Waals surface area contributed by atoms with Crippen LogP contribution in [0.2, 0.25) is 0 Å². The molecule has 0 spiro atoms. The van der Waals surface area contributed by atoms with Gasteiger partial charge in [0.1, 0.15) is 12.2 Å². The Bertz CT molecular complexity index is 384. The molecule has 6 atom stereocenters. The minimum absolute atomic E-state index is 0.637. The predicted molar refractivity (Wildman–Crippen MR) is 40.4 cm³/mol. The highest BCUT2D eigenvalue weighted by Crippen LogP contribution is 3.13. The Morgan fingerprint density at radius 2 is 1.86 bits per heavy atom. The molecule has 3 fully saturated rings. The van der Waals surface area contributed by atoms with E-state index in [2.05, 4.69) is 0 Å². The standard InChI is InChI=1S/C6H9O7P/c7-1-2-3(8)4(9)5(10)6(11,13-2)14(4,5)12/h2-3,7-11H,1H2/t2-,3-,4-,5+,6+,14?/m1/s1. The van der Waals surface area contributed by atoms with Gasteiger partial charge in [0.25, 0.3) is 5.53 Å². The van der Waals surface area contributed by atoms with E-state index in [0.717, 1.165) is 0 Å². The fourth-order valence-electron chi connectivity index (χ4n) is 2.52. The SMILES string of the molecule is O=P12[C@]3(O)[C@]1(O)O[C@H](CO)[C@@H](O)[C@]32O. The normalized spacial score (nSPS) is 74.1. The van der Waals surface area contributed by atoms with E-state index in [1.165, 1.54) is 0 Å². The maximum absolute atomic E-state index is 11.7. The first-order valence-corrected chi connectivity index (χ1v) is 5.78. The van der Waals surface area contributed by atoms with Gasteiger partial charge in [0.2, 0.25) is 12.5 Å². The predicted octanol–water partition coefficient (Wildman–Crippen LogP) is -2.85. The molecule has 5 N–H and O–H groups in total. The van der Waals surface area contributed by atoms with Crippen LogP contribution in [0.15, 0.2) is 0 Å². The lowest BCUT2D eigenvalue weighted by molar-refractivity contribution is -0.305. The molecular formula is C6H9O7P. The van der Waals surface area contributed by atoms with Gasteiger partial charge >= 0.3 is 0 Å². The van der Waals surface area contributed by atoms with Gasteiger partial charge in [0.15, 0.2) is 5.34 Å². The zero-order chi connectivity index (χ0) is 10.6. The van der Waals surface area contributed by atoms with E-state index in [0.29, 0.717) is 0 Å². The van der Waals surface area contributed by atoms with E-state index in [9.17, 15) is 25.0 Å². The Balaban J connectivity index is 2.07. The Hall–Kier alpha value is -0.0100. The van der Waals surface area contributed by atoms with E-state index in [1.54, 1.807) is 0 Å². The van der Waals surface area contributed by atoms with Crippen LogP contribution in [0.3, 0.4) is 0 Å². The summed E-state index contributed by atoms with van der Waals surface area (Å²) >= 11 is 0. The molecule has 3 aliphatic heterocycles. The Labute approximate surface area is 77.9 Å². The lowest BCUT2D eigenvalue weighted by Gasteiger charge is -2.41. The number of hydrogen-bond acceptors (Lipinski definition) is 7. The van der Waals surface area contributed by atoms with Gasteiger partial charge in [-0.05, 0) is 0 Å². The van der Waals surface area contributed by atoms with Crippen molar-refractivity contribution in [3.8, 4) is 0 Å². The third kappa shape index (κ3) is 0.431. The van der Waals surface area contributed by atoms with Crippen molar-refractivity contribution >= 4 is 7.14 Å². The summed E-state index contributed by atoms with van der Waals surface area (Å²) in [5.41, 5.74) is -2.26. The van der Waals surface area contributed by atoms with E-state index in [4.69, 9.17) is 9.84 Å². The minimum atomic E-state index is -3.70. The van der Waals surface area contributed by atoms with Crippen LogP contribution in [0.1, 0.15) is 0 Å². The second-order valence-electron chi connectivity index (χ2n) is 3.90. The molecule has 80 valence electrons. The molecule has 1 unspecified atom stereocenters. The zero-order valence-corrected chi connectivity index (χ0v) is 7.76. The molecule has 7 nitrogen and oxygen atoms in total. The van der Waals surface area contributed by atoms with Gasteiger partial charge in [-0.25, -0.2) is 0 Å². The summed E-state index contributed by atoms with van der Waals surface area (Å²) < 4.78 is 16.4. The fourth-order valence-corrected chi connectivity index (χ4v) is 6.46. The van der Waals surface area contributed by atoms with Gasteiger partial charge in [0, 0.05) is 0 Å². The maximum Gasteiger partial charge on any atom is 0.267 e. The first-order valence-electron chi connectivity index (χ1n) is 4.07. The first kappa shape index (κ1) is 9.23. The Morgan fingerprint density at radius 3 is 2.29 bits per heavy atom. The average molecular weight is 224 g/mol. The molecule has 0 aromatic heterocycles. The molecule has 0 bridgehead atoms. The van der Waals surface area contributed by atoms with Gasteiger partial charge in [-0.2, -0.15) is 0 Å². The average Bonchev–Trinajstić information content (AvgIpc) is 2.76. The van der Waals surface area contributed by atoms with E-state index in [1.807, 2.05) is 0 Å². The van der Waals surface area contributed by atoms with Crippen molar-refractivity contribution in [1.82, 2.24) is 0 Å². The van der Waals surface area contributed by atoms with Crippen molar-refractivity contribution < 1.29 is 34.8 Å². The van der Waals surface area contributed by atoms with E-state index >= 15 is 0 Å². The first-order chi connectivity index (χ1) is 6.33. The molecule has 3 saturated heterocycles. The molecule has 3 rings (SSSR count). The molecule has 0 radical (unpaired) electrons. The van der Waals surface area contributed by atoms with Gasteiger partial charge < -0.3 is 34.8 Å². The molecule has 14 heavy (non-hydrogen) atoms. The highest BCUT2D eigenvalue weighted by molar-refractivity contribution is 7.85. The number of rotatable bonds is 1. The molecule has 0 saturated carbocycles. The van der Waals surface area contributed by atoms with Crippen LogP contribution in [0.25, 0.3) is 0 Å². The summed E-state index contributed by atoms with van der Waals surface area (Å²) in [6, 6.07) is 0. The molecule has 0 aromatic carbocycles. The van der Waals surface area contributed by atoms with Crippen LogP contribution < -0.4 is 0 Å². The molecular weight excluding hydrogens is 215 g/mol. The Kier molecular flexibility index (Phi) is 1.20. The smallest absolute Gasteiger partial charge is 0.267 e. The second-order valence-corrected chi connectivity index (χ2v) is 7.05. The number of hydrogen-bond donors (Lipinski definition) is 5. The maximum atomic E-state index is 11.7. The molecule has 0 amide bonds. The van der Waals surface area contributed by atoms with Crippen molar-refractivity contribution in [2.75, 3.05) is 6.61 Å². The third-order valence-electron chi connectivity index (χ3n) is 3.49. The lowest BCUT2D eigenvalue weighted by atomic mass is 9.99. The summed E-state index contributed by atoms with van der Waals surface area (Å²) in [5.74, 6) is 0. The highest BCUT2D eigenvalue weighted by atomic mass is 31.2. The van der Waals surface area contributed by atoms with Gasteiger partial charge in [0.05, 0.1) is 6.61 Å². The van der Waals surface area contributed by atoms with Crippen LogP contribution >= 0.6 is 7.14 Å². The van der Waals surface area contributed by atoms with Crippen molar-refractivity contribution in [3.05, 3.63) is 0 Å². The number of aliphatic hydroxyl groups is 5. The largest absolute Gasteiger partial charge is 0.394 e. The minimum Gasteiger partial charge on any atom is -0.394 e. The van der Waals surface area contributed by atoms with Crippen molar-refractivity contribution in [2.45, 2.75) is 28.4 Å². The molecule has 3 heterocycles. The number of fused-ring (bicyclic) bond motifs is 2. The molecule has 0 aromatic rings. The topological polar surface area (TPSA) is 127 Å². The van der Waals surface area contributed by atoms with Gasteiger partial charge in [-0.15, -0.1) is 0 Å². The summed E-state index contributed by atoms with van der Waals surface area (Å²) in [6.07, 6.45) is -2.87. The highest BCUT2D eigenvalue weighted by Gasteiger charge is 3.20. The fraction of sp³-hybridized carbons (Fsp3) is 1.00. The summed E-state index contributed by atoms with van der Waals surface area (Å²) in [4.78, 5) is 0. The van der Waals surface area contributed by atoms with Gasteiger partial charge in [-0.3, -0.25) is 0 Å². The van der Waals surface area contributed by atoms with Gasteiger partial charge in [-0.1, -0.05) is 0 Å². The summed E-state index contributed by atoms with van der Waals surface area (Å²) in [5, 5.41) is 42.3. The second kappa shape index (κ2) is 1.82. The summed E-state index contributed by atoms with van der Waals surface area (Å²) in [7, 11) is -3.70. The molecule has 8 heteroatoms. The summed E-state index contributed by atoms with van der Waals surface area (Å²) in [6.45, 7) is -0.637. The molecule has 3 aliphatic rings. The van der Waals surface area contributed by atoms with Crippen LogP contribution in [-0.4, -0.2) is 60.6 Å². The quantitative estimate of drug-likeness (QED) is 0.303. The van der Waals surface area contributed by atoms with Crippen LogP contribution in [0.4, 0.5) is 0 Å². The van der Waals surface area contributed by atoms with Crippen LogP contribution in [-0.2, 0) is 9.30 Å². The lowest BCUT2D eigenvalue weighted by Crippen LogP contribution is -2.63. The third-order valence-corrected chi connectivity index (χ3v) is 7.43. The number of aliphatic hydroxyl groups excluding tert-OH is 2. The van der Waals surface area contributed by atoms with Crippen LogP contribution in [0.5, 0.6) is 0 Å². The van der Waals surface area contributed by atoms with Crippen LogP contribution in [0, 0.1) is 0 Å². The van der Waals surface area contributed by atoms with Crippen molar-refractivity contribution in [3.63, 3.8) is 0 Å². The molecule has 0 aliphatic carbocycles. The van der Waals surface area contributed by atoms with Crippen molar-refractivity contribution in [1.29, 1.82) is 0 Å². The van der Waals surface area contributed by atoms with E-state index < -0.39 is 42.2 Å².